The van der Waals surface area contributed by atoms with Crippen molar-refractivity contribution in [3.8, 4) is 11.1 Å². The lowest BCUT2D eigenvalue weighted by atomic mass is 9.85. The molecule has 4 N–H and O–H groups in total. The van der Waals surface area contributed by atoms with Crippen LogP contribution in [-0.4, -0.2) is 53.0 Å². The third-order valence-corrected chi connectivity index (χ3v) is 6.78. The Bertz CT molecular complexity index is 1040. The molecular formula is C26H30N2O6. The van der Waals surface area contributed by atoms with Crippen LogP contribution < -0.4 is 10.6 Å². The van der Waals surface area contributed by atoms with Crippen molar-refractivity contribution >= 4 is 18.0 Å². The first-order valence-electron chi connectivity index (χ1n) is 11.6. The van der Waals surface area contributed by atoms with Gasteiger partial charge in [-0.1, -0.05) is 55.0 Å². The minimum atomic E-state index is -2.02. The van der Waals surface area contributed by atoms with Gasteiger partial charge in [-0.2, -0.15) is 0 Å². The Balaban J connectivity index is 1.30. The van der Waals surface area contributed by atoms with E-state index in [9.17, 15) is 19.5 Å². The SMILES string of the molecule is CC(O)(CNC(=O)C1CCCC(NC(=O)OCC2c3ccccc3-c3ccccc32)C1)C(=O)O. The first kappa shape index (κ1) is 23.8. The van der Waals surface area contributed by atoms with Crippen molar-refractivity contribution in [2.24, 2.45) is 5.92 Å². The van der Waals surface area contributed by atoms with E-state index in [4.69, 9.17) is 9.84 Å². The second-order valence-electron chi connectivity index (χ2n) is 9.33. The van der Waals surface area contributed by atoms with E-state index in [0.717, 1.165) is 42.0 Å². The average Bonchev–Trinajstić information content (AvgIpc) is 3.15. The van der Waals surface area contributed by atoms with Crippen LogP contribution in [0.3, 0.4) is 0 Å². The van der Waals surface area contributed by atoms with Gasteiger partial charge in [-0.05, 0) is 48.4 Å². The van der Waals surface area contributed by atoms with E-state index in [2.05, 4.69) is 34.9 Å². The fraction of sp³-hybridized carbons (Fsp3) is 0.423. The molecule has 8 heteroatoms. The Morgan fingerprint density at radius 1 is 1.03 bits per heavy atom. The molecule has 1 saturated carbocycles. The number of rotatable bonds is 7. The predicted molar refractivity (Wildman–Crippen MR) is 125 cm³/mol. The number of aliphatic hydroxyl groups is 1. The largest absolute Gasteiger partial charge is 0.479 e. The molecule has 2 aromatic carbocycles. The molecule has 8 nitrogen and oxygen atoms in total. The summed E-state index contributed by atoms with van der Waals surface area (Å²) in [6.45, 7) is 0.987. The molecule has 0 spiro atoms. The lowest BCUT2D eigenvalue weighted by molar-refractivity contribution is -0.156. The molecular weight excluding hydrogens is 436 g/mol. The highest BCUT2D eigenvalue weighted by atomic mass is 16.5. The second-order valence-corrected chi connectivity index (χ2v) is 9.33. The molecule has 1 fully saturated rings. The van der Waals surface area contributed by atoms with Crippen LogP contribution in [0, 0.1) is 5.92 Å². The number of fused-ring (bicyclic) bond motifs is 3. The molecule has 4 rings (SSSR count). The van der Waals surface area contributed by atoms with Crippen molar-refractivity contribution in [3.63, 3.8) is 0 Å². The van der Waals surface area contributed by atoms with E-state index in [1.807, 2.05) is 24.3 Å². The summed E-state index contributed by atoms with van der Waals surface area (Å²) in [5.41, 5.74) is 2.58. The molecule has 34 heavy (non-hydrogen) atoms. The van der Waals surface area contributed by atoms with E-state index < -0.39 is 17.7 Å². The normalized spacial score (nSPS) is 21.0. The number of alkyl carbamates (subject to hydrolysis) is 1. The minimum absolute atomic E-state index is 0.0231. The Kier molecular flexibility index (Phi) is 6.88. The summed E-state index contributed by atoms with van der Waals surface area (Å²) in [5.74, 6) is -2.10. The monoisotopic (exact) mass is 466 g/mol. The van der Waals surface area contributed by atoms with Crippen LogP contribution in [-0.2, 0) is 14.3 Å². The van der Waals surface area contributed by atoms with Gasteiger partial charge in [0.05, 0.1) is 6.54 Å². The molecule has 3 atom stereocenters. The summed E-state index contributed by atoms with van der Waals surface area (Å²) in [5, 5.41) is 24.2. The number of benzene rings is 2. The average molecular weight is 467 g/mol. The topological polar surface area (TPSA) is 125 Å². The number of carbonyl (C=O) groups is 3. The van der Waals surface area contributed by atoms with Crippen molar-refractivity contribution in [1.82, 2.24) is 10.6 Å². The van der Waals surface area contributed by atoms with E-state index in [-0.39, 0.29) is 36.9 Å². The summed E-state index contributed by atoms with van der Waals surface area (Å²) in [6.07, 6.45) is 2.05. The predicted octanol–water partition coefficient (Wildman–Crippen LogP) is 3.04. The molecule has 2 amide bonds. The van der Waals surface area contributed by atoms with Gasteiger partial charge in [-0.3, -0.25) is 4.79 Å². The maximum absolute atomic E-state index is 12.6. The van der Waals surface area contributed by atoms with Crippen molar-refractivity contribution in [2.75, 3.05) is 13.2 Å². The van der Waals surface area contributed by atoms with Crippen molar-refractivity contribution in [1.29, 1.82) is 0 Å². The van der Waals surface area contributed by atoms with Gasteiger partial charge in [0.2, 0.25) is 5.91 Å². The van der Waals surface area contributed by atoms with Gasteiger partial charge in [0.1, 0.15) is 6.61 Å². The zero-order valence-electron chi connectivity index (χ0n) is 19.1. The van der Waals surface area contributed by atoms with Gasteiger partial charge < -0.3 is 25.6 Å². The summed E-state index contributed by atoms with van der Waals surface area (Å²) in [6, 6.07) is 16.1. The maximum Gasteiger partial charge on any atom is 0.407 e. The number of hydrogen-bond donors (Lipinski definition) is 4. The summed E-state index contributed by atoms with van der Waals surface area (Å²) in [4.78, 5) is 36.1. The summed E-state index contributed by atoms with van der Waals surface area (Å²) >= 11 is 0. The van der Waals surface area contributed by atoms with Crippen LogP contribution in [0.4, 0.5) is 4.79 Å². The van der Waals surface area contributed by atoms with Crippen molar-refractivity contribution in [3.05, 3.63) is 59.7 Å². The van der Waals surface area contributed by atoms with E-state index in [1.165, 1.54) is 0 Å². The molecule has 2 aliphatic carbocycles. The number of nitrogens with one attached hydrogen (secondary N) is 2. The lowest BCUT2D eigenvalue weighted by Crippen LogP contribution is -2.49. The molecule has 2 aromatic rings. The van der Waals surface area contributed by atoms with Gasteiger partial charge in [-0.15, -0.1) is 0 Å². The Morgan fingerprint density at radius 2 is 1.65 bits per heavy atom. The van der Waals surface area contributed by atoms with Crippen LogP contribution in [0.5, 0.6) is 0 Å². The molecule has 0 aliphatic heterocycles. The fourth-order valence-electron chi connectivity index (χ4n) is 4.84. The van der Waals surface area contributed by atoms with E-state index >= 15 is 0 Å². The van der Waals surface area contributed by atoms with Gasteiger partial charge >= 0.3 is 12.1 Å². The highest BCUT2D eigenvalue weighted by Crippen LogP contribution is 2.44. The number of aliphatic carboxylic acids is 1. The van der Waals surface area contributed by atoms with Crippen LogP contribution in [0.15, 0.2) is 48.5 Å². The molecule has 180 valence electrons. The number of hydrogen-bond acceptors (Lipinski definition) is 5. The molecule has 0 radical (unpaired) electrons. The Hall–Kier alpha value is -3.39. The van der Waals surface area contributed by atoms with Crippen LogP contribution in [0.25, 0.3) is 11.1 Å². The highest BCUT2D eigenvalue weighted by Gasteiger charge is 2.34. The molecule has 3 unspecified atom stereocenters. The standard InChI is InChI=1S/C26H30N2O6/c1-26(33,24(30)31)15-27-23(29)16-7-6-8-17(13-16)28-25(32)34-14-22-20-11-4-2-9-18(20)19-10-3-5-12-21(19)22/h2-5,9-12,16-17,22,33H,6-8,13-15H2,1H3,(H,27,29)(H,28,32)(H,30,31). The van der Waals surface area contributed by atoms with E-state index in [0.29, 0.717) is 12.8 Å². The van der Waals surface area contributed by atoms with Gasteiger partial charge in [-0.25, -0.2) is 9.59 Å². The first-order valence-corrected chi connectivity index (χ1v) is 11.6. The quantitative estimate of drug-likeness (QED) is 0.497. The number of amides is 2. The van der Waals surface area contributed by atoms with Crippen LogP contribution >= 0.6 is 0 Å². The first-order chi connectivity index (χ1) is 16.3. The molecule has 2 aliphatic rings. The Labute approximate surface area is 198 Å². The maximum atomic E-state index is 12.6. The number of carboxylic acids is 1. The van der Waals surface area contributed by atoms with Crippen LogP contribution in [0.1, 0.15) is 49.7 Å². The molecule has 0 aromatic heterocycles. The Morgan fingerprint density at radius 3 is 2.26 bits per heavy atom. The number of carboxylic acid groups (broad SMARTS) is 1. The lowest BCUT2D eigenvalue weighted by Gasteiger charge is -2.29. The second kappa shape index (κ2) is 9.85. The third-order valence-electron chi connectivity index (χ3n) is 6.78. The number of carbonyl (C=O) groups excluding carboxylic acids is 2. The summed E-state index contributed by atoms with van der Waals surface area (Å²) in [7, 11) is 0. The minimum Gasteiger partial charge on any atom is -0.479 e. The van der Waals surface area contributed by atoms with Gasteiger partial charge in [0.15, 0.2) is 5.60 Å². The third kappa shape index (κ3) is 5.07. The fourth-order valence-corrected chi connectivity index (χ4v) is 4.84. The molecule has 0 bridgehead atoms. The summed E-state index contributed by atoms with van der Waals surface area (Å²) < 4.78 is 5.61. The molecule has 0 saturated heterocycles. The van der Waals surface area contributed by atoms with Gasteiger partial charge in [0, 0.05) is 17.9 Å². The van der Waals surface area contributed by atoms with Crippen LogP contribution in [0.2, 0.25) is 0 Å². The highest BCUT2D eigenvalue weighted by molar-refractivity contribution is 5.82. The molecule has 0 heterocycles. The van der Waals surface area contributed by atoms with Gasteiger partial charge in [0.25, 0.3) is 0 Å². The smallest absolute Gasteiger partial charge is 0.407 e. The van der Waals surface area contributed by atoms with E-state index in [1.54, 1.807) is 0 Å². The van der Waals surface area contributed by atoms with Crippen molar-refractivity contribution in [2.45, 2.75) is 50.2 Å². The number of ether oxygens (including phenoxy) is 1. The zero-order valence-corrected chi connectivity index (χ0v) is 19.1. The van der Waals surface area contributed by atoms with Crippen molar-refractivity contribution < 1.29 is 29.3 Å². The zero-order chi connectivity index (χ0) is 24.3.